The molecule has 0 unspecified atom stereocenters. The quantitative estimate of drug-likeness (QED) is 0.809. The molecule has 0 spiro atoms. The molecule has 3 rings (SSSR count). The minimum atomic E-state index is -0.106. The van der Waals surface area contributed by atoms with Crippen molar-refractivity contribution in [2.45, 2.75) is 0 Å². The predicted molar refractivity (Wildman–Crippen MR) is 79.3 cm³/mol. The van der Waals surface area contributed by atoms with Crippen molar-refractivity contribution in [2.75, 3.05) is 31.1 Å². The van der Waals surface area contributed by atoms with Crippen LogP contribution in [0.15, 0.2) is 22.8 Å². The second kappa shape index (κ2) is 5.87. The molecule has 0 bridgehead atoms. The number of piperazine rings is 1. The van der Waals surface area contributed by atoms with E-state index in [4.69, 9.17) is 16.0 Å². The van der Waals surface area contributed by atoms with Gasteiger partial charge in [-0.25, -0.2) is 4.98 Å². The van der Waals surface area contributed by atoms with Crippen LogP contribution in [0.4, 0.5) is 5.13 Å². The first kappa shape index (κ1) is 14.1. The minimum absolute atomic E-state index is 0.106. The molecule has 2 aromatic rings. The molecule has 0 aromatic carbocycles. The molecule has 1 aliphatic rings. The van der Waals surface area contributed by atoms with Gasteiger partial charge in [-0.05, 0) is 12.1 Å². The third-order valence-corrected chi connectivity index (χ3v) is 4.72. The van der Waals surface area contributed by atoms with E-state index >= 15 is 0 Å². The van der Waals surface area contributed by atoms with Crippen LogP contribution >= 0.6 is 22.9 Å². The lowest BCUT2D eigenvalue weighted by Gasteiger charge is -2.34. The number of furan rings is 1. The summed E-state index contributed by atoms with van der Waals surface area (Å²) in [7, 11) is 0. The van der Waals surface area contributed by atoms with Crippen LogP contribution in [0.25, 0.3) is 0 Å². The Kier molecular flexibility index (Phi) is 3.94. The third kappa shape index (κ3) is 2.79. The number of carbonyl (C=O) groups excluding carboxylic acids is 2. The van der Waals surface area contributed by atoms with Crippen molar-refractivity contribution in [3.05, 3.63) is 34.2 Å². The second-order valence-electron chi connectivity index (χ2n) is 4.53. The number of hydrogen-bond donors (Lipinski definition) is 0. The number of rotatable bonds is 3. The Morgan fingerprint density at radius 2 is 2.14 bits per heavy atom. The first-order valence-corrected chi connectivity index (χ1v) is 7.57. The van der Waals surface area contributed by atoms with Gasteiger partial charge in [0.2, 0.25) is 0 Å². The van der Waals surface area contributed by atoms with Crippen molar-refractivity contribution < 1.29 is 14.0 Å². The van der Waals surface area contributed by atoms with Gasteiger partial charge >= 0.3 is 0 Å². The van der Waals surface area contributed by atoms with Gasteiger partial charge in [0.1, 0.15) is 4.88 Å². The number of anilines is 1. The van der Waals surface area contributed by atoms with Crippen molar-refractivity contribution in [1.29, 1.82) is 0 Å². The van der Waals surface area contributed by atoms with E-state index in [0.29, 0.717) is 48.2 Å². The maximum Gasteiger partial charge on any atom is 0.289 e. The highest BCUT2D eigenvalue weighted by molar-refractivity contribution is 7.17. The Hall–Kier alpha value is -1.86. The molecule has 110 valence electrons. The smallest absolute Gasteiger partial charge is 0.289 e. The molecule has 8 heteroatoms. The summed E-state index contributed by atoms with van der Waals surface area (Å²) in [5.41, 5.74) is 0. The summed E-state index contributed by atoms with van der Waals surface area (Å²) >= 11 is 7.14. The molecule has 0 saturated carbocycles. The van der Waals surface area contributed by atoms with Crippen molar-refractivity contribution >= 4 is 40.3 Å². The lowest BCUT2D eigenvalue weighted by Crippen LogP contribution is -2.48. The number of thiazole rings is 1. The maximum absolute atomic E-state index is 12.1. The molecule has 1 fully saturated rings. The zero-order chi connectivity index (χ0) is 14.8. The average molecular weight is 326 g/mol. The van der Waals surface area contributed by atoms with Crippen LogP contribution in [0.3, 0.4) is 0 Å². The van der Waals surface area contributed by atoms with E-state index in [1.165, 1.54) is 17.6 Å². The molecule has 3 heterocycles. The van der Waals surface area contributed by atoms with E-state index in [0.717, 1.165) is 0 Å². The van der Waals surface area contributed by atoms with E-state index in [1.807, 2.05) is 4.90 Å². The van der Waals surface area contributed by atoms with Crippen LogP contribution < -0.4 is 4.90 Å². The Balaban J connectivity index is 1.64. The highest BCUT2D eigenvalue weighted by Crippen LogP contribution is 2.29. The van der Waals surface area contributed by atoms with Gasteiger partial charge in [0.05, 0.1) is 6.26 Å². The summed E-state index contributed by atoms with van der Waals surface area (Å²) in [5.74, 6) is 0.245. The van der Waals surface area contributed by atoms with Gasteiger partial charge in [-0.2, -0.15) is 0 Å². The normalized spacial score (nSPS) is 15.3. The van der Waals surface area contributed by atoms with Gasteiger partial charge in [-0.1, -0.05) is 22.9 Å². The molecule has 0 N–H and O–H groups in total. The summed E-state index contributed by atoms with van der Waals surface area (Å²) in [5, 5.41) is 0.950. The van der Waals surface area contributed by atoms with Crippen molar-refractivity contribution in [1.82, 2.24) is 9.88 Å². The number of halogens is 1. The van der Waals surface area contributed by atoms with Crippen LogP contribution in [-0.2, 0) is 0 Å². The Labute approximate surface area is 129 Å². The van der Waals surface area contributed by atoms with Crippen LogP contribution in [-0.4, -0.2) is 48.3 Å². The number of hydrogen-bond acceptors (Lipinski definition) is 6. The lowest BCUT2D eigenvalue weighted by molar-refractivity contribution is 0.0714. The molecule has 0 aliphatic carbocycles. The molecule has 1 saturated heterocycles. The van der Waals surface area contributed by atoms with Gasteiger partial charge in [-0.3, -0.25) is 9.59 Å². The zero-order valence-electron chi connectivity index (χ0n) is 11.0. The summed E-state index contributed by atoms with van der Waals surface area (Å²) < 4.78 is 5.12. The van der Waals surface area contributed by atoms with E-state index in [2.05, 4.69) is 4.98 Å². The van der Waals surface area contributed by atoms with Crippen LogP contribution in [0.1, 0.15) is 20.2 Å². The number of aromatic nitrogens is 1. The molecule has 2 aromatic heterocycles. The Morgan fingerprint density at radius 3 is 2.71 bits per heavy atom. The Bertz CT molecular complexity index is 648. The molecule has 0 atom stereocenters. The number of amides is 1. The van der Waals surface area contributed by atoms with Gasteiger partial charge < -0.3 is 14.2 Å². The van der Waals surface area contributed by atoms with Crippen LogP contribution in [0, 0.1) is 0 Å². The number of aldehydes is 1. The standard InChI is InChI=1S/C13H12ClN3O3S/c14-11-10(8-18)21-13(15-11)17-5-3-16(4-6-17)12(19)9-2-1-7-20-9/h1-2,7-8H,3-6H2. The first-order chi connectivity index (χ1) is 10.2. The second-order valence-corrected chi connectivity index (χ2v) is 5.89. The summed E-state index contributed by atoms with van der Waals surface area (Å²) in [6.45, 7) is 2.45. The average Bonchev–Trinajstić information content (AvgIpc) is 3.16. The molecule has 1 aliphatic heterocycles. The van der Waals surface area contributed by atoms with E-state index in [9.17, 15) is 9.59 Å². The lowest BCUT2D eigenvalue weighted by atomic mass is 10.3. The molecule has 6 nitrogen and oxygen atoms in total. The highest BCUT2D eigenvalue weighted by atomic mass is 35.5. The van der Waals surface area contributed by atoms with E-state index < -0.39 is 0 Å². The van der Waals surface area contributed by atoms with Crippen LogP contribution in [0.5, 0.6) is 0 Å². The van der Waals surface area contributed by atoms with Crippen molar-refractivity contribution in [3.8, 4) is 0 Å². The Morgan fingerprint density at radius 1 is 1.38 bits per heavy atom. The fourth-order valence-electron chi connectivity index (χ4n) is 2.17. The van der Waals surface area contributed by atoms with Crippen molar-refractivity contribution in [2.24, 2.45) is 0 Å². The maximum atomic E-state index is 12.1. The molecule has 21 heavy (non-hydrogen) atoms. The van der Waals surface area contributed by atoms with Crippen molar-refractivity contribution in [3.63, 3.8) is 0 Å². The predicted octanol–water partition coefficient (Wildman–Crippen LogP) is 2.16. The largest absolute Gasteiger partial charge is 0.459 e. The molecule has 0 radical (unpaired) electrons. The fourth-order valence-corrected chi connectivity index (χ4v) is 3.28. The fraction of sp³-hybridized carbons (Fsp3) is 0.308. The summed E-state index contributed by atoms with van der Waals surface area (Å²) in [6, 6.07) is 3.35. The van der Waals surface area contributed by atoms with Gasteiger partial charge in [-0.15, -0.1) is 0 Å². The third-order valence-electron chi connectivity index (χ3n) is 3.27. The van der Waals surface area contributed by atoms with E-state index in [1.54, 1.807) is 17.0 Å². The van der Waals surface area contributed by atoms with Gasteiger partial charge in [0, 0.05) is 26.2 Å². The topological polar surface area (TPSA) is 66.7 Å². The highest BCUT2D eigenvalue weighted by Gasteiger charge is 2.25. The summed E-state index contributed by atoms with van der Waals surface area (Å²) in [4.78, 5) is 31.3. The zero-order valence-corrected chi connectivity index (χ0v) is 12.6. The molecular weight excluding hydrogens is 314 g/mol. The summed E-state index contributed by atoms with van der Waals surface area (Å²) in [6.07, 6.45) is 2.20. The van der Waals surface area contributed by atoms with Crippen LogP contribution in [0.2, 0.25) is 5.15 Å². The SMILES string of the molecule is O=Cc1sc(N2CCN(C(=O)c3ccco3)CC2)nc1Cl. The molecule has 1 amide bonds. The number of carbonyl (C=O) groups is 2. The van der Waals surface area contributed by atoms with Gasteiger partial charge in [0.25, 0.3) is 5.91 Å². The molecular formula is C13H12ClN3O3S. The number of nitrogens with zero attached hydrogens (tertiary/aromatic N) is 3. The van der Waals surface area contributed by atoms with Gasteiger partial charge in [0.15, 0.2) is 22.3 Å². The first-order valence-electron chi connectivity index (χ1n) is 6.38. The van der Waals surface area contributed by atoms with E-state index in [-0.39, 0.29) is 11.1 Å². The monoisotopic (exact) mass is 325 g/mol. The minimum Gasteiger partial charge on any atom is -0.459 e.